The number of carbonyl (C=O) groups is 1. The molecule has 13 heteroatoms. The van der Waals surface area contributed by atoms with Crippen LogP contribution in [0.1, 0.15) is 94.0 Å². The van der Waals surface area contributed by atoms with Crippen molar-refractivity contribution in [2.75, 3.05) is 11.4 Å². The van der Waals surface area contributed by atoms with Crippen LogP contribution in [0, 0.1) is 11.3 Å². The number of aliphatic hydroxyl groups is 1. The number of rotatable bonds is 8. The zero-order valence-electron chi connectivity index (χ0n) is 23.2. The summed E-state index contributed by atoms with van der Waals surface area (Å²) in [5.41, 5.74) is -3.13. The number of oxazole rings is 1. The van der Waals surface area contributed by atoms with Gasteiger partial charge in [0.25, 0.3) is 6.43 Å². The van der Waals surface area contributed by atoms with Gasteiger partial charge in [0.2, 0.25) is 17.7 Å². The van der Waals surface area contributed by atoms with Crippen LogP contribution in [0.15, 0.2) is 39.5 Å². The first kappa shape index (κ1) is 28.4. The molecule has 5 saturated carbocycles. The van der Waals surface area contributed by atoms with Gasteiger partial charge >= 0.3 is 6.18 Å². The van der Waals surface area contributed by atoms with Crippen LogP contribution in [0.4, 0.5) is 27.6 Å². The molecule has 8 rings (SSSR count). The van der Waals surface area contributed by atoms with Crippen LogP contribution in [0.5, 0.6) is 0 Å². The molecule has 3 aromatic rings. The molecule has 8 nitrogen and oxygen atoms in total. The third kappa shape index (κ3) is 4.93. The van der Waals surface area contributed by atoms with E-state index in [4.69, 9.17) is 13.9 Å². The van der Waals surface area contributed by atoms with E-state index < -0.39 is 48.6 Å². The number of amides is 1. The fraction of sp³-hybridized carbons (Fsp3) is 0.600. The fourth-order valence-corrected chi connectivity index (χ4v) is 7.12. The summed E-state index contributed by atoms with van der Waals surface area (Å²) in [6.45, 7) is 0.275. The number of hydrogen-bond acceptors (Lipinski definition) is 7. The van der Waals surface area contributed by atoms with Gasteiger partial charge in [-0.05, 0) is 87.8 Å². The lowest BCUT2D eigenvalue weighted by atomic mass is 9.53. The van der Waals surface area contributed by atoms with Crippen molar-refractivity contribution < 1.29 is 40.8 Å². The number of carbonyl (C=O) groups excluding carboxylic acids is 1. The van der Waals surface area contributed by atoms with E-state index in [1.807, 2.05) is 0 Å². The molecule has 2 bridgehead atoms. The molecule has 2 aromatic heterocycles. The van der Waals surface area contributed by atoms with Crippen molar-refractivity contribution in [3.8, 4) is 11.5 Å². The highest BCUT2D eigenvalue weighted by atomic mass is 19.4. The number of hydrogen-bond donors (Lipinski definition) is 1. The average molecular weight is 607 g/mol. The number of halogens is 5. The first-order chi connectivity index (χ1) is 20.4. The largest absolute Gasteiger partial charge is 0.444 e. The average Bonchev–Trinajstić information content (AvgIpc) is 3.47. The quantitative estimate of drug-likeness (QED) is 0.279. The predicted molar refractivity (Wildman–Crippen MR) is 141 cm³/mol. The van der Waals surface area contributed by atoms with Crippen molar-refractivity contribution in [3.05, 3.63) is 47.9 Å². The molecular formula is C30H31F5N4O4. The molecule has 1 aromatic carbocycles. The summed E-state index contributed by atoms with van der Waals surface area (Å²) in [7, 11) is 0. The number of nitrogens with zero attached hydrogens (tertiary/aromatic N) is 4. The molecule has 0 atom stereocenters. The Morgan fingerprint density at radius 1 is 1.07 bits per heavy atom. The number of alkyl halides is 5. The first-order valence-corrected chi connectivity index (χ1v) is 14.7. The molecule has 5 aliphatic rings. The number of benzene rings is 1. The molecule has 0 aliphatic heterocycles. The number of anilines is 1. The number of aromatic nitrogens is 3. The van der Waals surface area contributed by atoms with Crippen molar-refractivity contribution in [2.45, 2.75) is 93.7 Å². The molecule has 230 valence electrons. The molecule has 0 spiro atoms. The van der Waals surface area contributed by atoms with Crippen LogP contribution < -0.4 is 4.90 Å². The highest BCUT2D eigenvalue weighted by Crippen LogP contribution is 2.58. The minimum Gasteiger partial charge on any atom is -0.444 e. The van der Waals surface area contributed by atoms with Gasteiger partial charge < -0.3 is 18.9 Å². The summed E-state index contributed by atoms with van der Waals surface area (Å²) in [4.78, 5) is 23.9. The van der Waals surface area contributed by atoms with Crippen molar-refractivity contribution in [1.29, 1.82) is 0 Å². The van der Waals surface area contributed by atoms with E-state index in [1.54, 1.807) is 24.3 Å². The molecule has 43 heavy (non-hydrogen) atoms. The summed E-state index contributed by atoms with van der Waals surface area (Å²) < 4.78 is 77.4. The van der Waals surface area contributed by atoms with Gasteiger partial charge in [-0.1, -0.05) is 11.2 Å². The van der Waals surface area contributed by atoms with Gasteiger partial charge in [0.15, 0.2) is 11.4 Å². The topological polar surface area (TPSA) is 105 Å². The highest BCUT2D eigenvalue weighted by Gasteiger charge is 2.63. The highest BCUT2D eigenvalue weighted by molar-refractivity contribution is 5.96. The maximum Gasteiger partial charge on any atom is 0.417 e. The summed E-state index contributed by atoms with van der Waals surface area (Å²) in [6, 6.07) is 6.48. The number of fused-ring (bicyclic) bond motifs is 3. The van der Waals surface area contributed by atoms with E-state index in [0.717, 1.165) is 63.5 Å². The molecule has 0 saturated heterocycles. The van der Waals surface area contributed by atoms with Crippen LogP contribution in [-0.2, 0) is 10.2 Å². The molecule has 1 amide bonds. The Balaban J connectivity index is 1.15. The van der Waals surface area contributed by atoms with E-state index in [2.05, 4.69) is 10.1 Å². The molecule has 5 aliphatic carbocycles. The second kappa shape index (κ2) is 9.83. The maximum atomic E-state index is 13.9. The zero-order valence-corrected chi connectivity index (χ0v) is 23.2. The van der Waals surface area contributed by atoms with Crippen LogP contribution in [-0.4, -0.2) is 44.5 Å². The van der Waals surface area contributed by atoms with Crippen LogP contribution in [0.25, 0.3) is 11.5 Å². The third-order valence-corrected chi connectivity index (χ3v) is 10.2. The molecule has 5 fully saturated rings. The van der Waals surface area contributed by atoms with Crippen molar-refractivity contribution in [3.63, 3.8) is 0 Å². The van der Waals surface area contributed by atoms with E-state index in [-0.39, 0.29) is 23.3 Å². The fourth-order valence-electron chi connectivity index (χ4n) is 7.12. The van der Waals surface area contributed by atoms with E-state index in [0.29, 0.717) is 23.1 Å². The lowest BCUT2D eigenvalue weighted by molar-refractivity contribution is -0.295. The smallest absolute Gasteiger partial charge is 0.417 e. The molecule has 2 heterocycles. The molecule has 1 N–H and O–H groups in total. The Labute approximate surface area is 243 Å². The van der Waals surface area contributed by atoms with Gasteiger partial charge in [-0.15, -0.1) is 0 Å². The van der Waals surface area contributed by atoms with Crippen molar-refractivity contribution in [2.24, 2.45) is 11.3 Å². The Morgan fingerprint density at radius 3 is 2.37 bits per heavy atom. The third-order valence-electron chi connectivity index (χ3n) is 10.2. The van der Waals surface area contributed by atoms with Gasteiger partial charge in [0.1, 0.15) is 12.0 Å². The lowest BCUT2D eigenvalue weighted by Gasteiger charge is -2.53. The predicted octanol–water partition coefficient (Wildman–Crippen LogP) is 6.87. The second-order valence-electron chi connectivity index (χ2n) is 13.0. The first-order valence-electron chi connectivity index (χ1n) is 14.7. The van der Waals surface area contributed by atoms with Crippen LogP contribution >= 0.6 is 0 Å². The normalized spacial score (nSPS) is 30.4. The summed E-state index contributed by atoms with van der Waals surface area (Å²) in [6.07, 6.45) is -1.35. The standard InChI is InChI=1S/C30H31F5N4O4/c31-22(32)21-15-42-24(36-21)18-2-1-3-20(12-18)39(25(40)19-13-29(41,14-19)30(33,34)35)16-27-6-9-28(10-7-27,11-8-27)26-37-23(38-43-26)17-4-5-17/h1-3,12,15,17,19,22,41H,4-11,13-14,16H2. The molecular weight excluding hydrogens is 575 g/mol. The Bertz CT molecular complexity index is 1500. The van der Waals surface area contributed by atoms with Crippen LogP contribution in [0.3, 0.4) is 0 Å². The molecule has 0 unspecified atom stereocenters. The summed E-state index contributed by atoms with van der Waals surface area (Å²) >= 11 is 0. The maximum absolute atomic E-state index is 13.9. The van der Waals surface area contributed by atoms with E-state index >= 15 is 0 Å². The lowest BCUT2D eigenvalue weighted by Crippen LogP contribution is -2.60. The Hall–Kier alpha value is -3.35. The minimum atomic E-state index is -4.83. The van der Waals surface area contributed by atoms with Crippen molar-refractivity contribution in [1.82, 2.24) is 15.1 Å². The monoisotopic (exact) mass is 606 g/mol. The Morgan fingerprint density at radius 2 is 1.77 bits per heavy atom. The Kier molecular flexibility index (Phi) is 6.50. The summed E-state index contributed by atoms with van der Waals surface area (Å²) in [5.74, 6) is 0.269. The minimum absolute atomic E-state index is 0.0527. The van der Waals surface area contributed by atoms with Gasteiger partial charge in [-0.2, -0.15) is 18.2 Å². The van der Waals surface area contributed by atoms with Gasteiger partial charge in [0.05, 0.1) is 0 Å². The SMILES string of the molecule is O=C(C1CC(O)(C(F)(F)F)C1)N(CC12CCC(c3nc(C4CC4)no3)(CC1)CC2)c1cccc(-c2nc(C(F)F)co2)c1. The van der Waals surface area contributed by atoms with E-state index in [9.17, 15) is 31.9 Å². The second-order valence-corrected chi connectivity index (χ2v) is 13.0. The zero-order chi connectivity index (χ0) is 30.2. The van der Waals surface area contributed by atoms with Gasteiger partial charge in [-0.3, -0.25) is 4.79 Å². The van der Waals surface area contributed by atoms with Gasteiger partial charge in [-0.25, -0.2) is 13.8 Å². The summed E-state index contributed by atoms with van der Waals surface area (Å²) in [5, 5.41) is 14.3. The van der Waals surface area contributed by atoms with Crippen molar-refractivity contribution >= 4 is 11.6 Å². The van der Waals surface area contributed by atoms with Crippen LogP contribution in [0.2, 0.25) is 0 Å². The van der Waals surface area contributed by atoms with E-state index in [1.165, 1.54) is 4.90 Å². The molecule has 0 radical (unpaired) electrons. The van der Waals surface area contributed by atoms with Gasteiger partial charge in [0, 0.05) is 35.0 Å².